The molecule has 17 heavy (non-hydrogen) atoms. The SMILES string of the molecule is CSCCCCNc1ccc(C(N)=O)c(Cl)c1. The van der Waals surface area contributed by atoms with Crippen molar-refractivity contribution in [2.45, 2.75) is 12.8 Å². The van der Waals surface area contributed by atoms with E-state index >= 15 is 0 Å². The summed E-state index contributed by atoms with van der Waals surface area (Å²) in [5.41, 5.74) is 6.45. The number of amides is 1. The molecule has 0 saturated carbocycles. The van der Waals surface area contributed by atoms with Crippen LogP contribution < -0.4 is 11.1 Å². The molecule has 0 aliphatic carbocycles. The number of carbonyl (C=O) groups excluding carboxylic acids is 1. The number of benzene rings is 1. The van der Waals surface area contributed by atoms with E-state index < -0.39 is 5.91 Å². The molecular formula is C12H17ClN2OS. The molecule has 0 bridgehead atoms. The fraction of sp³-hybridized carbons (Fsp3) is 0.417. The van der Waals surface area contributed by atoms with Crippen molar-refractivity contribution in [3.63, 3.8) is 0 Å². The average molecular weight is 273 g/mol. The minimum absolute atomic E-state index is 0.361. The zero-order chi connectivity index (χ0) is 12.7. The topological polar surface area (TPSA) is 55.1 Å². The molecule has 0 aliphatic heterocycles. The van der Waals surface area contributed by atoms with Crippen LogP contribution in [-0.4, -0.2) is 24.5 Å². The molecule has 1 amide bonds. The Kier molecular flexibility index (Phi) is 6.22. The first-order chi connectivity index (χ1) is 8.15. The summed E-state index contributed by atoms with van der Waals surface area (Å²) in [6, 6.07) is 5.20. The highest BCUT2D eigenvalue weighted by molar-refractivity contribution is 7.98. The summed E-state index contributed by atoms with van der Waals surface area (Å²) in [5, 5.41) is 3.66. The van der Waals surface area contributed by atoms with Crippen molar-refractivity contribution in [3.05, 3.63) is 28.8 Å². The maximum Gasteiger partial charge on any atom is 0.250 e. The summed E-state index contributed by atoms with van der Waals surface area (Å²) in [4.78, 5) is 11.0. The van der Waals surface area contributed by atoms with E-state index in [-0.39, 0.29) is 0 Å². The van der Waals surface area contributed by atoms with E-state index in [9.17, 15) is 4.79 Å². The third-order valence-electron chi connectivity index (χ3n) is 2.34. The Morgan fingerprint density at radius 3 is 2.82 bits per heavy atom. The number of anilines is 1. The van der Waals surface area contributed by atoms with Crippen molar-refractivity contribution in [3.8, 4) is 0 Å². The predicted molar refractivity (Wildman–Crippen MR) is 76.1 cm³/mol. The van der Waals surface area contributed by atoms with Gasteiger partial charge in [-0.1, -0.05) is 11.6 Å². The number of halogens is 1. The van der Waals surface area contributed by atoms with Gasteiger partial charge in [0.2, 0.25) is 5.91 Å². The Hall–Kier alpha value is -0.870. The quantitative estimate of drug-likeness (QED) is 0.751. The van der Waals surface area contributed by atoms with Crippen LogP contribution in [0.15, 0.2) is 18.2 Å². The van der Waals surface area contributed by atoms with Crippen LogP contribution in [0.25, 0.3) is 0 Å². The van der Waals surface area contributed by atoms with E-state index in [1.807, 2.05) is 17.8 Å². The summed E-state index contributed by atoms with van der Waals surface area (Å²) in [7, 11) is 0. The van der Waals surface area contributed by atoms with Gasteiger partial charge >= 0.3 is 0 Å². The zero-order valence-electron chi connectivity index (χ0n) is 9.83. The van der Waals surface area contributed by atoms with Crippen LogP contribution in [0.2, 0.25) is 5.02 Å². The molecule has 0 heterocycles. The molecule has 0 saturated heterocycles. The van der Waals surface area contributed by atoms with Gasteiger partial charge in [0.1, 0.15) is 0 Å². The predicted octanol–water partition coefficient (Wildman–Crippen LogP) is 2.99. The van der Waals surface area contributed by atoms with Gasteiger partial charge in [-0.2, -0.15) is 11.8 Å². The van der Waals surface area contributed by atoms with E-state index in [1.165, 1.54) is 12.2 Å². The van der Waals surface area contributed by atoms with Crippen LogP contribution in [0.1, 0.15) is 23.2 Å². The van der Waals surface area contributed by atoms with Gasteiger partial charge in [0.05, 0.1) is 10.6 Å². The molecule has 3 N–H and O–H groups in total. The number of hydrogen-bond donors (Lipinski definition) is 2. The van der Waals surface area contributed by atoms with E-state index in [0.717, 1.165) is 18.7 Å². The Bertz CT molecular complexity index is 385. The molecule has 0 aromatic heterocycles. The lowest BCUT2D eigenvalue weighted by molar-refractivity contribution is 0.100. The fourth-order valence-corrected chi connectivity index (χ4v) is 2.20. The number of primary amides is 1. The molecule has 0 unspecified atom stereocenters. The Morgan fingerprint density at radius 2 is 2.24 bits per heavy atom. The van der Waals surface area contributed by atoms with Crippen LogP contribution in [0.4, 0.5) is 5.69 Å². The molecule has 94 valence electrons. The molecule has 0 fully saturated rings. The first-order valence-electron chi connectivity index (χ1n) is 5.47. The lowest BCUT2D eigenvalue weighted by Gasteiger charge is -2.07. The molecule has 3 nitrogen and oxygen atoms in total. The van der Waals surface area contributed by atoms with Gasteiger partial charge in [0.15, 0.2) is 0 Å². The second-order valence-corrected chi connectivity index (χ2v) is 5.08. The van der Waals surface area contributed by atoms with Crippen molar-refractivity contribution in [2.75, 3.05) is 23.9 Å². The van der Waals surface area contributed by atoms with Gasteiger partial charge in [0, 0.05) is 12.2 Å². The summed E-state index contributed by atoms with van der Waals surface area (Å²) < 4.78 is 0. The standard InChI is InChI=1S/C12H17ClN2OS/c1-17-7-3-2-6-15-9-4-5-10(12(14)16)11(13)8-9/h4-5,8,15H,2-3,6-7H2,1H3,(H2,14,16). The van der Waals surface area contributed by atoms with E-state index in [1.54, 1.807) is 12.1 Å². The molecule has 1 aromatic carbocycles. The first kappa shape index (κ1) is 14.2. The van der Waals surface area contributed by atoms with Gasteiger partial charge in [-0.3, -0.25) is 4.79 Å². The number of hydrogen-bond acceptors (Lipinski definition) is 3. The van der Waals surface area contributed by atoms with Crippen molar-refractivity contribution < 1.29 is 4.79 Å². The minimum Gasteiger partial charge on any atom is -0.385 e. The van der Waals surface area contributed by atoms with Gasteiger partial charge in [-0.05, 0) is 43.0 Å². The molecule has 5 heteroatoms. The minimum atomic E-state index is -0.499. The lowest BCUT2D eigenvalue weighted by Crippen LogP contribution is -2.11. The number of carbonyl (C=O) groups is 1. The maximum atomic E-state index is 11.0. The van der Waals surface area contributed by atoms with E-state index in [4.69, 9.17) is 17.3 Å². The highest BCUT2D eigenvalue weighted by Crippen LogP contribution is 2.20. The van der Waals surface area contributed by atoms with E-state index in [0.29, 0.717) is 10.6 Å². The third-order valence-corrected chi connectivity index (χ3v) is 3.35. The van der Waals surface area contributed by atoms with Gasteiger partial charge in [-0.25, -0.2) is 0 Å². The fourth-order valence-electron chi connectivity index (χ4n) is 1.43. The molecule has 0 aliphatic rings. The number of thioether (sulfide) groups is 1. The molecule has 0 spiro atoms. The second kappa shape index (κ2) is 7.45. The highest BCUT2D eigenvalue weighted by Gasteiger charge is 2.06. The number of nitrogens with two attached hydrogens (primary N) is 1. The smallest absolute Gasteiger partial charge is 0.250 e. The van der Waals surface area contributed by atoms with Gasteiger partial charge in [0.25, 0.3) is 0 Å². The average Bonchev–Trinajstić information content (AvgIpc) is 2.28. The highest BCUT2D eigenvalue weighted by atomic mass is 35.5. The summed E-state index contributed by atoms with van der Waals surface area (Å²) in [6.07, 6.45) is 4.42. The van der Waals surface area contributed by atoms with E-state index in [2.05, 4.69) is 11.6 Å². The van der Waals surface area contributed by atoms with Crippen molar-refractivity contribution in [1.29, 1.82) is 0 Å². The number of nitrogens with one attached hydrogen (secondary N) is 1. The van der Waals surface area contributed by atoms with Crippen LogP contribution in [0.3, 0.4) is 0 Å². The Balaban J connectivity index is 2.45. The van der Waals surface area contributed by atoms with Crippen molar-refractivity contribution in [1.82, 2.24) is 0 Å². The Labute approximate surface area is 111 Å². The molecule has 0 radical (unpaired) electrons. The van der Waals surface area contributed by atoms with Crippen LogP contribution in [0.5, 0.6) is 0 Å². The summed E-state index contributed by atoms with van der Waals surface area (Å²) in [5.74, 6) is 0.685. The van der Waals surface area contributed by atoms with Crippen molar-refractivity contribution in [2.24, 2.45) is 5.73 Å². The molecule has 1 aromatic rings. The molecular weight excluding hydrogens is 256 g/mol. The molecule has 1 rings (SSSR count). The zero-order valence-corrected chi connectivity index (χ0v) is 11.4. The normalized spacial score (nSPS) is 10.2. The van der Waals surface area contributed by atoms with Gasteiger partial charge in [-0.15, -0.1) is 0 Å². The van der Waals surface area contributed by atoms with Crippen LogP contribution in [-0.2, 0) is 0 Å². The Morgan fingerprint density at radius 1 is 1.47 bits per heavy atom. The third kappa shape index (κ3) is 4.88. The summed E-state index contributed by atoms with van der Waals surface area (Å²) in [6.45, 7) is 0.910. The number of unbranched alkanes of at least 4 members (excludes halogenated alkanes) is 1. The lowest BCUT2D eigenvalue weighted by atomic mass is 10.2. The molecule has 0 atom stereocenters. The summed E-state index contributed by atoms with van der Waals surface area (Å²) >= 11 is 7.80. The second-order valence-electron chi connectivity index (χ2n) is 3.69. The van der Waals surface area contributed by atoms with Gasteiger partial charge < -0.3 is 11.1 Å². The van der Waals surface area contributed by atoms with Crippen LogP contribution >= 0.6 is 23.4 Å². The van der Waals surface area contributed by atoms with Crippen LogP contribution in [0, 0.1) is 0 Å². The maximum absolute atomic E-state index is 11.0. The largest absolute Gasteiger partial charge is 0.385 e. The first-order valence-corrected chi connectivity index (χ1v) is 7.24. The number of rotatable bonds is 7. The van der Waals surface area contributed by atoms with Crippen molar-refractivity contribution >= 4 is 35.0 Å². The monoisotopic (exact) mass is 272 g/mol.